The van der Waals surface area contributed by atoms with Gasteiger partial charge < -0.3 is 19.6 Å². The lowest BCUT2D eigenvalue weighted by Gasteiger charge is -2.07. The van der Waals surface area contributed by atoms with E-state index in [1.54, 1.807) is 20.8 Å². The molecule has 0 aliphatic heterocycles. The van der Waals surface area contributed by atoms with E-state index in [0.717, 1.165) is 0 Å². The Morgan fingerprint density at radius 3 is 2.29 bits per heavy atom. The number of carbonyl (C=O) groups excluding carboxylic acids is 4. The molecule has 1 aromatic heterocycles. The van der Waals surface area contributed by atoms with Gasteiger partial charge in [-0.05, 0) is 13.8 Å². The molecular formula is C15H20N2O7. The second-order valence-corrected chi connectivity index (χ2v) is 5.13. The van der Waals surface area contributed by atoms with Gasteiger partial charge >= 0.3 is 11.9 Å². The minimum Gasteiger partial charge on any atom is -0.462 e. The monoisotopic (exact) mass is 340 g/mol. The van der Waals surface area contributed by atoms with Crippen molar-refractivity contribution in [2.24, 2.45) is 11.7 Å². The van der Waals surface area contributed by atoms with E-state index in [1.807, 2.05) is 0 Å². The average Bonchev–Trinajstić information content (AvgIpc) is 2.81. The maximum absolute atomic E-state index is 11.9. The summed E-state index contributed by atoms with van der Waals surface area (Å²) in [6.07, 6.45) is 0. The van der Waals surface area contributed by atoms with Gasteiger partial charge in [-0.2, -0.15) is 0 Å². The Labute approximate surface area is 138 Å². The third-order valence-electron chi connectivity index (χ3n) is 2.88. The molecule has 1 aromatic rings. The van der Waals surface area contributed by atoms with Crippen molar-refractivity contribution in [1.82, 2.24) is 0 Å². The number of nitrogens with one attached hydrogen (secondary N) is 1. The Morgan fingerprint density at radius 1 is 1.17 bits per heavy atom. The zero-order chi connectivity index (χ0) is 18.4. The Bertz CT molecular complexity index is 661. The van der Waals surface area contributed by atoms with Crippen molar-refractivity contribution in [3.63, 3.8) is 0 Å². The summed E-state index contributed by atoms with van der Waals surface area (Å²) >= 11 is 0. The van der Waals surface area contributed by atoms with Crippen LogP contribution in [0.4, 0.5) is 5.88 Å². The first-order valence-corrected chi connectivity index (χ1v) is 7.25. The summed E-state index contributed by atoms with van der Waals surface area (Å²) < 4.78 is 14.8. The van der Waals surface area contributed by atoms with Crippen LogP contribution in [-0.2, 0) is 19.1 Å². The molecular weight excluding hydrogens is 320 g/mol. The van der Waals surface area contributed by atoms with Gasteiger partial charge in [0.1, 0.15) is 16.9 Å². The van der Waals surface area contributed by atoms with Crippen molar-refractivity contribution >= 4 is 29.6 Å². The predicted octanol–water partition coefficient (Wildman–Crippen LogP) is 1.00. The van der Waals surface area contributed by atoms with Crippen LogP contribution in [0.3, 0.4) is 0 Å². The zero-order valence-electron chi connectivity index (χ0n) is 13.9. The van der Waals surface area contributed by atoms with Gasteiger partial charge in [0.25, 0.3) is 11.8 Å². The van der Waals surface area contributed by atoms with Crippen molar-refractivity contribution < 1.29 is 33.1 Å². The smallest absolute Gasteiger partial charge is 0.342 e. The van der Waals surface area contributed by atoms with Gasteiger partial charge in [0.15, 0.2) is 6.61 Å². The molecule has 24 heavy (non-hydrogen) atoms. The number of hydrogen-bond donors (Lipinski definition) is 2. The van der Waals surface area contributed by atoms with Gasteiger partial charge in [-0.25, -0.2) is 4.79 Å². The lowest BCUT2D eigenvalue weighted by atomic mass is 10.1. The van der Waals surface area contributed by atoms with Gasteiger partial charge in [0.2, 0.25) is 5.88 Å². The number of amides is 2. The van der Waals surface area contributed by atoms with E-state index >= 15 is 0 Å². The van der Waals surface area contributed by atoms with E-state index < -0.39 is 30.4 Å². The predicted molar refractivity (Wildman–Crippen MR) is 82.3 cm³/mol. The first-order chi connectivity index (χ1) is 11.2. The molecule has 0 spiro atoms. The van der Waals surface area contributed by atoms with E-state index in [-0.39, 0.29) is 35.3 Å². The van der Waals surface area contributed by atoms with Crippen LogP contribution in [0.5, 0.6) is 0 Å². The second kappa shape index (κ2) is 8.14. The number of esters is 2. The van der Waals surface area contributed by atoms with E-state index in [0.29, 0.717) is 0 Å². The highest BCUT2D eigenvalue weighted by Crippen LogP contribution is 2.27. The molecule has 0 aliphatic carbocycles. The maximum atomic E-state index is 11.9. The summed E-state index contributed by atoms with van der Waals surface area (Å²) in [7, 11) is 0. The second-order valence-electron chi connectivity index (χ2n) is 5.13. The summed E-state index contributed by atoms with van der Waals surface area (Å²) in [6.45, 7) is 5.79. The fourth-order valence-corrected chi connectivity index (χ4v) is 1.78. The SMILES string of the molecule is CCOC(=O)c1c(C)oc(NC(=O)COC(=O)C(C)C)c1C(N)=O. The molecule has 132 valence electrons. The third-order valence-corrected chi connectivity index (χ3v) is 2.88. The van der Waals surface area contributed by atoms with Crippen LogP contribution in [0, 0.1) is 12.8 Å². The molecule has 0 fully saturated rings. The lowest BCUT2D eigenvalue weighted by molar-refractivity contribution is -0.150. The zero-order valence-corrected chi connectivity index (χ0v) is 13.9. The molecule has 3 N–H and O–H groups in total. The van der Waals surface area contributed by atoms with Crippen LogP contribution in [0.15, 0.2) is 4.42 Å². The highest BCUT2D eigenvalue weighted by Gasteiger charge is 2.29. The first kappa shape index (κ1) is 19.2. The van der Waals surface area contributed by atoms with E-state index in [2.05, 4.69) is 5.32 Å². The highest BCUT2D eigenvalue weighted by molar-refractivity contribution is 6.10. The Balaban J connectivity index is 2.98. The van der Waals surface area contributed by atoms with Gasteiger partial charge in [-0.15, -0.1) is 0 Å². The number of aryl methyl sites for hydroxylation is 1. The van der Waals surface area contributed by atoms with Crippen LogP contribution in [0.1, 0.15) is 47.2 Å². The number of anilines is 1. The van der Waals surface area contributed by atoms with Crippen molar-refractivity contribution in [1.29, 1.82) is 0 Å². The largest absolute Gasteiger partial charge is 0.462 e. The Morgan fingerprint density at radius 2 is 1.79 bits per heavy atom. The molecule has 0 saturated carbocycles. The van der Waals surface area contributed by atoms with Gasteiger partial charge in [0, 0.05) is 0 Å². The maximum Gasteiger partial charge on any atom is 0.342 e. The fourth-order valence-electron chi connectivity index (χ4n) is 1.78. The van der Waals surface area contributed by atoms with E-state index in [1.165, 1.54) is 6.92 Å². The molecule has 0 bridgehead atoms. The van der Waals surface area contributed by atoms with Crippen molar-refractivity contribution in [2.45, 2.75) is 27.7 Å². The molecule has 0 saturated heterocycles. The van der Waals surface area contributed by atoms with Crippen molar-refractivity contribution in [2.75, 3.05) is 18.5 Å². The molecule has 9 heteroatoms. The number of rotatable bonds is 7. The van der Waals surface area contributed by atoms with Gasteiger partial charge in [-0.3, -0.25) is 19.7 Å². The van der Waals surface area contributed by atoms with Crippen LogP contribution < -0.4 is 11.1 Å². The molecule has 0 aliphatic rings. The molecule has 0 atom stereocenters. The topological polar surface area (TPSA) is 138 Å². The molecule has 2 amide bonds. The minimum absolute atomic E-state index is 0.0664. The first-order valence-electron chi connectivity index (χ1n) is 7.25. The summed E-state index contributed by atoms with van der Waals surface area (Å²) in [5.41, 5.74) is 4.81. The van der Waals surface area contributed by atoms with Crippen LogP contribution in [0.2, 0.25) is 0 Å². The summed E-state index contributed by atoms with van der Waals surface area (Å²) in [5, 5.41) is 2.25. The number of hydrogen-bond acceptors (Lipinski definition) is 7. The summed E-state index contributed by atoms with van der Waals surface area (Å²) in [6, 6.07) is 0. The number of carbonyl (C=O) groups is 4. The number of furan rings is 1. The highest BCUT2D eigenvalue weighted by atomic mass is 16.5. The average molecular weight is 340 g/mol. The molecule has 0 radical (unpaired) electrons. The molecule has 1 rings (SSSR count). The number of ether oxygens (including phenoxy) is 2. The molecule has 0 aromatic carbocycles. The molecule has 0 unspecified atom stereocenters. The van der Waals surface area contributed by atoms with Crippen molar-refractivity contribution in [3.05, 3.63) is 16.9 Å². The quantitative estimate of drug-likeness (QED) is 0.706. The number of primary amides is 1. The summed E-state index contributed by atoms with van der Waals surface area (Å²) in [5.74, 6) is -3.67. The van der Waals surface area contributed by atoms with Crippen LogP contribution in [-0.4, -0.2) is 37.0 Å². The molecule has 1 heterocycles. The van der Waals surface area contributed by atoms with E-state index in [9.17, 15) is 19.2 Å². The lowest BCUT2D eigenvalue weighted by Crippen LogP contribution is -2.24. The van der Waals surface area contributed by atoms with Gasteiger partial charge in [-0.1, -0.05) is 13.8 Å². The van der Waals surface area contributed by atoms with Gasteiger partial charge in [0.05, 0.1) is 12.5 Å². The van der Waals surface area contributed by atoms with Crippen LogP contribution in [0.25, 0.3) is 0 Å². The normalized spacial score (nSPS) is 10.4. The summed E-state index contributed by atoms with van der Waals surface area (Å²) in [4.78, 5) is 46.7. The Hall–Kier alpha value is -2.84. The third kappa shape index (κ3) is 4.58. The molecule has 9 nitrogen and oxygen atoms in total. The fraction of sp³-hybridized carbons (Fsp3) is 0.467. The Kier molecular flexibility index (Phi) is 6.51. The van der Waals surface area contributed by atoms with E-state index in [4.69, 9.17) is 19.6 Å². The minimum atomic E-state index is -0.968. The van der Waals surface area contributed by atoms with Crippen molar-refractivity contribution in [3.8, 4) is 0 Å². The standard InChI is InChI=1S/C15H20N2O7/c1-5-22-15(21)10-8(4)24-13(11(10)12(16)19)17-9(18)6-23-14(20)7(2)3/h7H,5-6H2,1-4H3,(H2,16,19)(H,17,18). The van der Waals surface area contributed by atoms with Crippen LogP contribution >= 0.6 is 0 Å². The number of nitrogens with two attached hydrogens (primary N) is 1.